The normalized spacial score (nSPS) is 24.1. The number of carbonyl (C=O) groups is 1. The van der Waals surface area contributed by atoms with Gasteiger partial charge in [0.25, 0.3) is 0 Å². The van der Waals surface area contributed by atoms with Crippen LogP contribution < -0.4 is 10.6 Å². The topological polar surface area (TPSA) is 89.3 Å². The highest BCUT2D eigenvalue weighted by Crippen LogP contribution is 2.38. The lowest BCUT2D eigenvalue weighted by atomic mass is 9.78. The van der Waals surface area contributed by atoms with E-state index in [1.165, 1.54) is 19.3 Å². The van der Waals surface area contributed by atoms with Crippen molar-refractivity contribution in [2.24, 2.45) is 0 Å². The highest BCUT2D eigenvalue weighted by Gasteiger charge is 2.38. The van der Waals surface area contributed by atoms with Gasteiger partial charge in [-0.1, -0.05) is 24.4 Å². The molecule has 1 spiro atoms. The predicted octanol–water partition coefficient (Wildman–Crippen LogP) is 2.06. The van der Waals surface area contributed by atoms with Crippen molar-refractivity contribution in [1.29, 1.82) is 0 Å². The van der Waals surface area contributed by atoms with Crippen LogP contribution in [0.3, 0.4) is 0 Å². The lowest BCUT2D eigenvalue weighted by Gasteiger charge is -2.43. The largest absolute Gasteiger partial charge is 0.375 e. The fourth-order valence-corrected chi connectivity index (χ4v) is 3.50. The van der Waals surface area contributed by atoms with Gasteiger partial charge in [0, 0.05) is 19.6 Å². The molecule has 1 aliphatic carbocycles. The maximum atomic E-state index is 12.0. The van der Waals surface area contributed by atoms with Gasteiger partial charge in [-0.3, -0.25) is 0 Å². The number of ether oxygens (including phenoxy) is 1. The summed E-state index contributed by atoms with van der Waals surface area (Å²) >= 11 is 0. The van der Waals surface area contributed by atoms with E-state index in [1.807, 2.05) is 0 Å². The summed E-state index contributed by atoms with van der Waals surface area (Å²) in [4.78, 5) is 16.1. The Balaban J connectivity index is 1.46. The first-order valence-electron chi connectivity index (χ1n) is 8.13. The minimum Gasteiger partial charge on any atom is -0.375 e. The molecule has 1 aromatic heterocycles. The molecule has 0 unspecified atom stereocenters. The van der Waals surface area contributed by atoms with E-state index in [4.69, 9.17) is 9.26 Å². The molecular weight excluding hydrogens is 284 g/mol. The number of aryl methyl sites for hydroxylation is 1. The third kappa shape index (κ3) is 3.76. The molecule has 2 fully saturated rings. The first-order valence-corrected chi connectivity index (χ1v) is 8.13. The zero-order valence-corrected chi connectivity index (χ0v) is 13.1. The van der Waals surface area contributed by atoms with E-state index < -0.39 is 0 Å². The zero-order chi connectivity index (χ0) is 15.4. The van der Waals surface area contributed by atoms with Crippen molar-refractivity contribution in [3.8, 4) is 0 Å². The van der Waals surface area contributed by atoms with Gasteiger partial charge in [-0.15, -0.1) is 0 Å². The molecule has 1 saturated carbocycles. The van der Waals surface area contributed by atoms with E-state index >= 15 is 0 Å². The third-order valence-electron chi connectivity index (χ3n) is 4.57. The van der Waals surface area contributed by atoms with E-state index in [0.717, 1.165) is 32.3 Å². The van der Waals surface area contributed by atoms with Gasteiger partial charge in [-0.05, 0) is 25.7 Å². The second-order valence-electron chi connectivity index (χ2n) is 6.34. The molecule has 1 aromatic rings. The van der Waals surface area contributed by atoms with Crippen molar-refractivity contribution >= 4 is 6.03 Å². The second kappa shape index (κ2) is 6.64. The molecule has 1 atom stereocenters. The Bertz CT molecular complexity index is 505. The lowest BCUT2D eigenvalue weighted by molar-refractivity contribution is -0.107. The zero-order valence-electron chi connectivity index (χ0n) is 13.1. The number of hydrogen-bond acceptors (Lipinski definition) is 5. The third-order valence-corrected chi connectivity index (χ3v) is 4.57. The van der Waals surface area contributed by atoms with Crippen LogP contribution in [-0.4, -0.2) is 34.4 Å². The summed E-state index contributed by atoms with van der Waals surface area (Å²) in [5.41, 5.74) is -0.000766. The summed E-state index contributed by atoms with van der Waals surface area (Å²) in [5, 5.41) is 9.58. The molecule has 2 aliphatic rings. The van der Waals surface area contributed by atoms with Crippen molar-refractivity contribution in [2.75, 3.05) is 6.61 Å². The van der Waals surface area contributed by atoms with Crippen molar-refractivity contribution in [1.82, 2.24) is 20.8 Å². The summed E-state index contributed by atoms with van der Waals surface area (Å²) in [6.45, 7) is 2.73. The fourth-order valence-electron chi connectivity index (χ4n) is 3.50. The van der Waals surface area contributed by atoms with E-state index in [-0.39, 0.29) is 24.2 Å². The number of aromatic nitrogens is 2. The maximum Gasteiger partial charge on any atom is 0.315 e. The van der Waals surface area contributed by atoms with Crippen LogP contribution in [-0.2, 0) is 11.3 Å². The maximum absolute atomic E-state index is 12.0. The van der Waals surface area contributed by atoms with Crippen LogP contribution in [0.1, 0.15) is 56.7 Å². The SMILES string of the molecule is Cc1nc(CNC(=O)N[C@@H]2CCOC3(CCCCC3)C2)no1. The van der Waals surface area contributed by atoms with Crippen LogP contribution in [0.4, 0.5) is 4.79 Å². The molecule has 7 heteroatoms. The molecule has 0 bridgehead atoms. The van der Waals surface area contributed by atoms with Crippen LogP contribution in [0.15, 0.2) is 4.52 Å². The Kier molecular flexibility index (Phi) is 4.61. The highest BCUT2D eigenvalue weighted by atomic mass is 16.5. The summed E-state index contributed by atoms with van der Waals surface area (Å²) in [6.07, 6.45) is 7.79. The summed E-state index contributed by atoms with van der Waals surface area (Å²) in [5.74, 6) is 0.990. The summed E-state index contributed by atoms with van der Waals surface area (Å²) in [7, 11) is 0. The number of nitrogens with one attached hydrogen (secondary N) is 2. The minimum absolute atomic E-state index is 0.000766. The van der Waals surface area contributed by atoms with Gasteiger partial charge in [0.05, 0.1) is 12.1 Å². The van der Waals surface area contributed by atoms with Crippen LogP contribution in [0.2, 0.25) is 0 Å². The number of urea groups is 1. The highest BCUT2D eigenvalue weighted by molar-refractivity contribution is 5.74. The number of nitrogens with zero attached hydrogens (tertiary/aromatic N) is 2. The molecule has 22 heavy (non-hydrogen) atoms. The minimum atomic E-state index is -0.180. The van der Waals surface area contributed by atoms with Crippen molar-refractivity contribution < 1.29 is 14.1 Å². The van der Waals surface area contributed by atoms with Gasteiger partial charge >= 0.3 is 6.03 Å². The molecule has 2 amide bonds. The molecule has 122 valence electrons. The van der Waals surface area contributed by atoms with Gasteiger partial charge in [0.15, 0.2) is 5.82 Å². The molecule has 0 aromatic carbocycles. The Morgan fingerprint density at radius 1 is 1.36 bits per heavy atom. The van der Waals surface area contributed by atoms with E-state index in [9.17, 15) is 4.79 Å². The summed E-state index contributed by atoms with van der Waals surface area (Å²) in [6, 6.07) is -0.000772. The van der Waals surface area contributed by atoms with Crippen molar-refractivity contribution in [3.63, 3.8) is 0 Å². The smallest absolute Gasteiger partial charge is 0.315 e. The van der Waals surface area contributed by atoms with Crippen LogP contribution in [0.5, 0.6) is 0 Å². The van der Waals surface area contributed by atoms with Crippen LogP contribution in [0, 0.1) is 6.92 Å². The van der Waals surface area contributed by atoms with Crippen molar-refractivity contribution in [2.45, 2.75) is 70.1 Å². The Morgan fingerprint density at radius 3 is 2.91 bits per heavy atom. The molecule has 7 nitrogen and oxygen atoms in total. The number of hydrogen-bond donors (Lipinski definition) is 2. The Morgan fingerprint density at radius 2 is 2.18 bits per heavy atom. The number of amides is 2. The van der Waals surface area contributed by atoms with Crippen LogP contribution >= 0.6 is 0 Å². The molecule has 3 rings (SSSR count). The Labute approximate surface area is 130 Å². The monoisotopic (exact) mass is 308 g/mol. The van der Waals surface area contributed by atoms with Gasteiger partial charge in [0.1, 0.15) is 0 Å². The average Bonchev–Trinajstić information content (AvgIpc) is 2.92. The van der Waals surface area contributed by atoms with Crippen molar-refractivity contribution in [3.05, 3.63) is 11.7 Å². The van der Waals surface area contributed by atoms with E-state index in [1.54, 1.807) is 6.92 Å². The molecule has 2 heterocycles. The van der Waals surface area contributed by atoms with E-state index in [2.05, 4.69) is 20.8 Å². The van der Waals surface area contributed by atoms with Gasteiger partial charge in [-0.2, -0.15) is 4.98 Å². The molecule has 1 saturated heterocycles. The van der Waals surface area contributed by atoms with Crippen LogP contribution in [0.25, 0.3) is 0 Å². The number of carbonyl (C=O) groups excluding carboxylic acids is 1. The quantitative estimate of drug-likeness (QED) is 0.892. The average molecular weight is 308 g/mol. The molecule has 2 N–H and O–H groups in total. The fraction of sp³-hybridized carbons (Fsp3) is 0.800. The second-order valence-corrected chi connectivity index (χ2v) is 6.34. The number of rotatable bonds is 3. The molecular formula is C15H24N4O3. The van der Waals surface area contributed by atoms with Gasteiger partial charge < -0.3 is 19.9 Å². The Hall–Kier alpha value is -1.63. The lowest BCUT2D eigenvalue weighted by Crippen LogP contribution is -2.51. The molecule has 1 aliphatic heterocycles. The predicted molar refractivity (Wildman–Crippen MR) is 79.2 cm³/mol. The van der Waals surface area contributed by atoms with Gasteiger partial charge in [0.2, 0.25) is 5.89 Å². The van der Waals surface area contributed by atoms with E-state index in [0.29, 0.717) is 11.7 Å². The first kappa shape index (κ1) is 15.3. The first-order chi connectivity index (χ1) is 10.7. The molecule has 0 radical (unpaired) electrons. The van der Waals surface area contributed by atoms with Gasteiger partial charge in [-0.25, -0.2) is 4.79 Å². The summed E-state index contributed by atoms with van der Waals surface area (Å²) < 4.78 is 10.9. The standard InChI is InChI=1S/C15H24N4O3/c1-11-17-13(19-22-11)10-16-14(20)18-12-5-8-21-15(9-12)6-3-2-4-7-15/h12H,2-10H2,1H3,(H2,16,18,20)/t12-/m1/s1.